The minimum Gasteiger partial charge on any atom is -0.492 e. The first-order valence-corrected chi connectivity index (χ1v) is 10.9. The fraction of sp³-hybridized carbons (Fsp3) is 0.458. The van der Waals surface area contributed by atoms with Crippen molar-refractivity contribution in [3.63, 3.8) is 0 Å². The quantitative estimate of drug-likeness (QED) is 0.766. The number of hydrogen-bond donors (Lipinski definition) is 1. The molecule has 1 saturated carbocycles. The Balaban J connectivity index is 1.28. The lowest BCUT2D eigenvalue weighted by Crippen LogP contribution is -2.44. The third kappa shape index (κ3) is 3.53. The molecule has 5 rings (SSSR count). The van der Waals surface area contributed by atoms with E-state index in [-0.39, 0.29) is 11.8 Å². The topological polar surface area (TPSA) is 49.8 Å². The number of likely N-dealkylation sites (tertiary alicyclic amines) is 1. The van der Waals surface area contributed by atoms with Crippen molar-refractivity contribution >= 4 is 17.6 Å². The number of benzene rings is 2. The normalized spacial score (nSPS) is 24.9. The van der Waals surface area contributed by atoms with Gasteiger partial charge >= 0.3 is 5.97 Å². The van der Waals surface area contributed by atoms with Crippen LogP contribution in [-0.4, -0.2) is 42.2 Å². The van der Waals surface area contributed by atoms with E-state index in [1.165, 1.54) is 16.7 Å². The highest BCUT2D eigenvalue weighted by Gasteiger charge is 2.45. The first-order chi connectivity index (χ1) is 14.1. The molecule has 1 saturated heterocycles. The Morgan fingerprint density at radius 1 is 1.17 bits per heavy atom. The molecule has 1 N–H and O–H groups in total. The number of nitrogens with zero attached hydrogens (tertiary/aromatic N) is 1. The van der Waals surface area contributed by atoms with Crippen LogP contribution < -0.4 is 4.74 Å². The first-order valence-electron chi connectivity index (χ1n) is 10.5. The number of halogens is 1. The summed E-state index contributed by atoms with van der Waals surface area (Å²) in [5, 5.41) is 9.77. The lowest BCUT2D eigenvalue weighted by molar-refractivity contribution is -0.137. The molecule has 0 bridgehead atoms. The van der Waals surface area contributed by atoms with Gasteiger partial charge in [0.2, 0.25) is 0 Å². The van der Waals surface area contributed by atoms with Gasteiger partial charge in [0.1, 0.15) is 5.75 Å². The second-order valence-corrected chi connectivity index (χ2v) is 9.19. The van der Waals surface area contributed by atoms with E-state index >= 15 is 0 Å². The van der Waals surface area contributed by atoms with Gasteiger partial charge in [0.05, 0.1) is 13.0 Å². The number of ether oxygens (including phenoxy) is 1. The monoisotopic (exact) mass is 411 g/mol. The lowest BCUT2D eigenvalue weighted by atomic mass is 9.74. The van der Waals surface area contributed by atoms with E-state index < -0.39 is 5.97 Å². The minimum absolute atomic E-state index is 0.0965. The highest BCUT2D eigenvalue weighted by Crippen LogP contribution is 2.57. The number of carboxylic acid groups (broad SMARTS) is 1. The average Bonchev–Trinajstić information content (AvgIpc) is 3.45. The van der Waals surface area contributed by atoms with Gasteiger partial charge in [-0.05, 0) is 67.4 Å². The van der Waals surface area contributed by atoms with Crippen molar-refractivity contribution < 1.29 is 14.6 Å². The van der Waals surface area contributed by atoms with Crippen LogP contribution in [0.15, 0.2) is 42.5 Å². The zero-order valence-electron chi connectivity index (χ0n) is 16.4. The third-order valence-corrected chi connectivity index (χ3v) is 7.40. The van der Waals surface area contributed by atoms with Gasteiger partial charge in [-0.15, -0.1) is 0 Å². The molecule has 5 heteroatoms. The van der Waals surface area contributed by atoms with E-state index in [4.69, 9.17) is 21.4 Å². The maximum absolute atomic E-state index is 10.8. The Morgan fingerprint density at radius 2 is 1.97 bits per heavy atom. The standard InChI is InChI=1S/C24H26ClNO3/c25-21-4-2-1-3-17(21)19-14-18(19)16-5-6-20-22(13-16)29-15-24(20)8-11-26(12-9-24)10-7-23(27)28/h1-6,13,18-19H,7-12,14-15H2,(H,27,28). The fourth-order valence-corrected chi connectivity index (χ4v) is 5.45. The summed E-state index contributed by atoms with van der Waals surface area (Å²) >= 11 is 6.39. The molecule has 4 nitrogen and oxygen atoms in total. The van der Waals surface area contributed by atoms with Gasteiger partial charge in [-0.3, -0.25) is 4.79 Å². The van der Waals surface area contributed by atoms with Crippen molar-refractivity contribution in [2.24, 2.45) is 0 Å². The Kier molecular flexibility index (Phi) is 4.79. The Hall–Kier alpha value is -2.04. The number of carboxylic acids is 1. The lowest BCUT2D eigenvalue weighted by Gasteiger charge is -2.38. The molecule has 2 atom stereocenters. The minimum atomic E-state index is -0.720. The Bertz CT molecular complexity index is 935. The fourth-order valence-electron chi connectivity index (χ4n) is 5.18. The first kappa shape index (κ1) is 19.0. The van der Waals surface area contributed by atoms with Gasteiger partial charge in [0, 0.05) is 22.5 Å². The molecule has 0 amide bonds. The van der Waals surface area contributed by atoms with Crippen LogP contribution in [0.2, 0.25) is 5.02 Å². The smallest absolute Gasteiger partial charge is 0.304 e. The van der Waals surface area contributed by atoms with Crippen LogP contribution >= 0.6 is 11.6 Å². The summed E-state index contributed by atoms with van der Waals surface area (Å²) in [6.07, 6.45) is 3.43. The van der Waals surface area contributed by atoms with Gasteiger partial charge in [-0.25, -0.2) is 0 Å². The third-order valence-electron chi connectivity index (χ3n) is 7.06. The number of rotatable bonds is 5. The molecule has 2 heterocycles. The summed E-state index contributed by atoms with van der Waals surface area (Å²) in [5.41, 5.74) is 4.05. The maximum Gasteiger partial charge on any atom is 0.304 e. The van der Waals surface area contributed by atoms with Crippen molar-refractivity contribution in [1.29, 1.82) is 0 Å². The van der Waals surface area contributed by atoms with Crippen LogP contribution in [0.4, 0.5) is 0 Å². The van der Waals surface area contributed by atoms with Crippen molar-refractivity contribution in [3.05, 3.63) is 64.2 Å². The van der Waals surface area contributed by atoms with Crippen molar-refractivity contribution in [1.82, 2.24) is 4.90 Å². The van der Waals surface area contributed by atoms with E-state index in [2.05, 4.69) is 35.2 Å². The summed E-state index contributed by atoms with van der Waals surface area (Å²) in [6, 6.07) is 15.0. The van der Waals surface area contributed by atoms with Gasteiger partial charge in [0.25, 0.3) is 0 Å². The second-order valence-electron chi connectivity index (χ2n) is 8.78. The summed E-state index contributed by atoms with van der Waals surface area (Å²) in [5.74, 6) is 1.36. The van der Waals surface area contributed by atoms with E-state index in [1.807, 2.05) is 12.1 Å². The zero-order chi connectivity index (χ0) is 20.0. The van der Waals surface area contributed by atoms with Crippen molar-refractivity contribution in [2.75, 3.05) is 26.2 Å². The number of aliphatic carboxylic acids is 1. The molecule has 2 aromatic carbocycles. The number of hydrogen-bond acceptors (Lipinski definition) is 3. The predicted octanol–water partition coefficient (Wildman–Crippen LogP) is 4.81. The van der Waals surface area contributed by atoms with Crippen LogP contribution in [0, 0.1) is 0 Å². The summed E-state index contributed by atoms with van der Waals surface area (Å²) in [7, 11) is 0. The Labute approximate surface area is 176 Å². The van der Waals surface area contributed by atoms with Crippen LogP contribution in [-0.2, 0) is 10.2 Å². The second kappa shape index (κ2) is 7.33. The zero-order valence-corrected chi connectivity index (χ0v) is 17.2. The van der Waals surface area contributed by atoms with Crippen molar-refractivity contribution in [2.45, 2.75) is 42.9 Å². The average molecular weight is 412 g/mol. The maximum atomic E-state index is 10.8. The molecule has 29 heavy (non-hydrogen) atoms. The highest BCUT2D eigenvalue weighted by atomic mass is 35.5. The molecule has 3 aliphatic rings. The SMILES string of the molecule is O=C(O)CCN1CCC2(CC1)COc1cc(C3CC3c3ccccc3Cl)ccc12. The largest absolute Gasteiger partial charge is 0.492 e. The molecule has 0 radical (unpaired) electrons. The highest BCUT2D eigenvalue weighted by molar-refractivity contribution is 6.31. The molecule has 152 valence electrons. The molecule has 2 aliphatic heterocycles. The van der Waals surface area contributed by atoms with Gasteiger partial charge in [-0.1, -0.05) is 41.9 Å². The number of piperidine rings is 1. The summed E-state index contributed by atoms with van der Waals surface area (Å²) in [6.45, 7) is 3.27. The molecule has 2 aromatic rings. The molecule has 1 aliphatic carbocycles. The van der Waals surface area contributed by atoms with E-state index in [9.17, 15) is 4.79 Å². The number of carbonyl (C=O) groups is 1. The van der Waals surface area contributed by atoms with E-state index in [0.29, 0.717) is 18.4 Å². The van der Waals surface area contributed by atoms with E-state index in [1.54, 1.807) is 0 Å². The molecule has 1 spiro atoms. The molecular formula is C24H26ClNO3. The summed E-state index contributed by atoms with van der Waals surface area (Å²) in [4.78, 5) is 13.1. The molecule has 2 fully saturated rings. The van der Waals surface area contributed by atoms with Gasteiger partial charge in [-0.2, -0.15) is 0 Å². The number of fused-ring (bicyclic) bond motifs is 2. The van der Waals surface area contributed by atoms with Gasteiger partial charge < -0.3 is 14.7 Å². The van der Waals surface area contributed by atoms with E-state index in [0.717, 1.165) is 49.7 Å². The van der Waals surface area contributed by atoms with Gasteiger partial charge in [0.15, 0.2) is 0 Å². The molecular weight excluding hydrogens is 386 g/mol. The van der Waals surface area contributed by atoms with Crippen LogP contribution in [0.3, 0.4) is 0 Å². The molecule has 0 aromatic heterocycles. The molecule has 2 unspecified atom stereocenters. The summed E-state index contributed by atoms with van der Waals surface area (Å²) < 4.78 is 6.17. The van der Waals surface area contributed by atoms with Crippen LogP contribution in [0.25, 0.3) is 0 Å². The predicted molar refractivity (Wildman–Crippen MR) is 113 cm³/mol. The van der Waals surface area contributed by atoms with Crippen LogP contribution in [0.1, 0.15) is 54.2 Å². The van der Waals surface area contributed by atoms with Crippen LogP contribution in [0.5, 0.6) is 5.75 Å². The Morgan fingerprint density at radius 3 is 2.72 bits per heavy atom. The van der Waals surface area contributed by atoms with Crippen molar-refractivity contribution in [3.8, 4) is 5.75 Å².